The number of likely N-dealkylation sites (tertiary alicyclic amines) is 1. The van der Waals surface area contributed by atoms with Gasteiger partial charge in [-0.2, -0.15) is 0 Å². The summed E-state index contributed by atoms with van der Waals surface area (Å²) in [5.74, 6) is 0.183. The van der Waals surface area contributed by atoms with Crippen molar-refractivity contribution in [3.8, 4) is 0 Å². The van der Waals surface area contributed by atoms with E-state index in [0.29, 0.717) is 31.2 Å². The van der Waals surface area contributed by atoms with Gasteiger partial charge in [0.05, 0.1) is 6.10 Å². The number of nitrogens with zero attached hydrogens (tertiary/aromatic N) is 1. The van der Waals surface area contributed by atoms with Crippen molar-refractivity contribution in [3.63, 3.8) is 0 Å². The molecule has 0 aromatic heterocycles. The maximum absolute atomic E-state index is 11.7. The van der Waals surface area contributed by atoms with E-state index in [1.807, 2.05) is 0 Å². The Morgan fingerprint density at radius 3 is 2.83 bits per heavy atom. The number of hydrogen-bond acceptors (Lipinski definition) is 4. The van der Waals surface area contributed by atoms with Gasteiger partial charge in [0.2, 0.25) is 5.91 Å². The highest BCUT2D eigenvalue weighted by atomic mass is 16.5. The molecule has 1 aliphatic heterocycles. The molecule has 0 aromatic carbocycles. The van der Waals surface area contributed by atoms with Crippen molar-refractivity contribution >= 4 is 5.91 Å². The molecule has 1 heterocycles. The standard InChI is InChI=1S/C13H25N3O2/c1-18-12-4-6-16(11(8-12)9-14)7-5-13(17)15-10-2-3-10/h10-12H,2-9,14H2,1H3,(H,15,17). The first kappa shape index (κ1) is 13.8. The third-order valence-corrected chi connectivity index (χ3v) is 3.96. The Labute approximate surface area is 109 Å². The minimum absolute atomic E-state index is 0.183. The van der Waals surface area contributed by atoms with Gasteiger partial charge < -0.3 is 15.8 Å². The average Bonchev–Trinajstić information content (AvgIpc) is 3.20. The van der Waals surface area contributed by atoms with Gasteiger partial charge in [-0.3, -0.25) is 9.69 Å². The molecule has 5 nitrogen and oxygen atoms in total. The molecule has 0 radical (unpaired) electrons. The first-order valence-corrected chi connectivity index (χ1v) is 6.99. The molecular formula is C13H25N3O2. The van der Waals surface area contributed by atoms with Crippen molar-refractivity contribution in [3.05, 3.63) is 0 Å². The van der Waals surface area contributed by atoms with Crippen LogP contribution >= 0.6 is 0 Å². The van der Waals surface area contributed by atoms with Crippen LogP contribution in [0.5, 0.6) is 0 Å². The fraction of sp³-hybridized carbons (Fsp3) is 0.923. The van der Waals surface area contributed by atoms with Crippen molar-refractivity contribution in [2.24, 2.45) is 5.73 Å². The van der Waals surface area contributed by atoms with Crippen molar-refractivity contribution in [2.45, 2.75) is 50.3 Å². The minimum atomic E-state index is 0.183. The summed E-state index contributed by atoms with van der Waals surface area (Å²) in [5.41, 5.74) is 5.81. The lowest BCUT2D eigenvalue weighted by Gasteiger charge is -2.38. The summed E-state index contributed by atoms with van der Waals surface area (Å²) in [6.07, 6.45) is 5.24. The molecule has 0 spiro atoms. The molecule has 2 unspecified atom stereocenters. The van der Waals surface area contributed by atoms with Crippen LogP contribution in [0.15, 0.2) is 0 Å². The summed E-state index contributed by atoms with van der Waals surface area (Å²) in [7, 11) is 1.76. The minimum Gasteiger partial charge on any atom is -0.381 e. The number of methoxy groups -OCH3 is 1. The van der Waals surface area contributed by atoms with Crippen molar-refractivity contribution in [2.75, 3.05) is 26.7 Å². The zero-order valence-corrected chi connectivity index (χ0v) is 11.2. The Bertz CT molecular complexity index is 281. The summed E-state index contributed by atoms with van der Waals surface area (Å²) in [5, 5.41) is 3.02. The fourth-order valence-electron chi connectivity index (χ4n) is 2.59. The number of nitrogens with two attached hydrogens (primary N) is 1. The number of piperidine rings is 1. The molecule has 2 fully saturated rings. The Morgan fingerprint density at radius 1 is 1.44 bits per heavy atom. The largest absolute Gasteiger partial charge is 0.381 e. The normalized spacial score (nSPS) is 29.2. The number of amides is 1. The van der Waals surface area contributed by atoms with Gasteiger partial charge in [-0.15, -0.1) is 0 Å². The quantitative estimate of drug-likeness (QED) is 0.706. The first-order valence-electron chi connectivity index (χ1n) is 6.99. The van der Waals surface area contributed by atoms with Crippen LogP contribution in [0.1, 0.15) is 32.1 Å². The van der Waals surface area contributed by atoms with Gasteiger partial charge in [-0.05, 0) is 25.7 Å². The number of carbonyl (C=O) groups is 1. The summed E-state index contributed by atoms with van der Waals surface area (Å²) in [6.45, 7) is 2.44. The van der Waals surface area contributed by atoms with Gasteiger partial charge in [0.15, 0.2) is 0 Å². The van der Waals surface area contributed by atoms with Crippen molar-refractivity contribution in [1.82, 2.24) is 10.2 Å². The van der Waals surface area contributed by atoms with Gasteiger partial charge >= 0.3 is 0 Å². The Hall–Kier alpha value is -0.650. The zero-order chi connectivity index (χ0) is 13.0. The second kappa shape index (κ2) is 6.50. The Kier molecular flexibility index (Phi) is 4.97. The van der Waals surface area contributed by atoms with Gasteiger partial charge in [0.25, 0.3) is 0 Å². The molecule has 5 heteroatoms. The average molecular weight is 255 g/mol. The molecule has 18 heavy (non-hydrogen) atoms. The number of hydrogen-bond donors (Lipinski definition) is 2. The molecule has 1 saturated carbocycles. The van der Waals surface area contributed by atoms with E-state index in [-0.39, 0.29) is 5.91 Å². The van der Waals surface area contributed by atoms with Gasteiger partial charge in [-0.25, -0.2) is 0 Å². The predicted molar refractivity (Wildman–Crippen MR) is 70.2 cm³/mol. The van der Waals surface area contributed by atoms with Crippen LogP contribution in [0.2, 0.25) is 0 Å². The molecule has 2 atom stereocenters. The maximum Gasteiger partial charge on any atom is 0.221 e. The van der Waals surface area contributed by atoms with E-state index >= 15 is 0 Å². The molecule has 1 saturated heterocycles. The van der Waals surface area contributed by atoms with Crippen molar-refractivity contribution in [1.29, 1.82) is 0 Å². The monoisotopic (exact) mass is 255 g/mol. The van der Waals surface area contributed by atoms with E-state index in [4.69, 9.17) is 10.5 Å². The first-order chi connectivity index (χ1) is 8.72. The fourth-order valence-corrected chi connectivity index (χ4v) is 2.59. The Balaban J connectivity index is 1.71. The molecule has 1 aliphatic carbocycles. The second-order valence-corrected chi connectivity index (χ2v) is 5.40. The van der Waals surface area contributed by atoms with Crippen LogP contribution in [0, 0.1) is 0 Å². The van der Waals surface area contributed by atoms with E-state index in [9.17, 15) is 4.79 Å². The molecular weight excluding hydrogens is 230 g/mol. The number of ether oxygens (including phenoxy) is 1. The summed E-state index contributed by atoms with van der Waals surface area (Å²) in [4.78, 5) is 14.0. The van der Waals surface area contributed by atoms with Gasteiger partial charge in [0.1, 0.15) is 0 Å². The molecule has 0 aromatic rings. The van der Waals surface area contributed by atoms with Crippen LogP contribution in [0.4, 0.5) is 0 Å². The number of nitrogens with one attached hydrogen (secondary N) is 1. The highest BCUT2D eigenvalue weighted by Crippen LogP contribution is 2.20. The molecule has 2 aliphatic rings. The molecule has 2 rings (SSSR count). The summed E-state index contributed by atoms with van der Waals surface area (Å²) >= 11 is 0. The number of rotatable bonds is 6. The summed E-state index contributed by atoms with van der Waals surface area (Å²) in [6, 6.07) is 0.819. The Morgan fingerprint density at radius 2 is 2.22 bits per heavy atom. The zero-order valence-electron chi connectivity index (χ0n) is 11.2. The second-order valence-electron chi connectivity index (χ2n) is 5.40. The van der Waals surface area contributed by atoms with E-state index in [1.165, 1.54) is 0 Å². The lowest BCUT2D eigenvalue weighted by molar-refractivity contribution is -0.121. The maximum atomic E-state index is 11.7. The predicted octanol–water partition coefficient (Wildman–Crippen LogP) is 0.0932. The lowest BCUT2D eigenvalue weighted by Crippen LogP contribution is -2.49. The van der Waals surface area contributed by atoms with Crippen LogP contribution in [0.3, 0.4) is 0 Å². The van der Waals surface area contributed by atoms with Gasteiger partial charge in [0, 0.05) is 45.2 Å². The highest BCUT2D eigenvalue weighted by Gasteiger charge is 2.28. The van der Waals surface area contributed by atoms with Crippen LogP contribution in [0.25, 0.3) is 0 Å². The molecule has 3 N–H and O–H groups in total. The van der Waals surface area contributed by atoms with E-state index in [0.717, 1.165) is 38.8 Å². The molecule has 104 valence electrons. The third-order valence-electron chi connectivity index (χ3n) is 3.96. The molecule has 0 bridgehead atoms. The SMILES string of the molecule is COC1CCN(CCC(=O)NC2CC2)C(CN)C1. The van der Waals surface area contributed by atoms with Crippen LogP contribution < -0.4 is 11.1 Å². The number of carbonyl (C=O) groups excluding carboxylic acids is 1. The summed E-state index contributed by atoms with van der Waals surface area (Å²) < 4.78 is 5.40. The smallest absolute Gasteiger partial charge is 0.221 e. The van der Waals surface area contributed by atoms with E-state index in [1.54, 1.807) is 7.11 Å². The lowest BCUT2D eigenvalue weighted by atomic mass is 9.99. The van der Waals surface area contributed by atoms with Crippen LogP contribution in [-0.2, 0) is 9.53 Å². The molecule has 1 amide bonds. The highest BCUT2D eigenvalue weighted by molar-refractivity contribution is 5.76. The van der Waals surface area contributed by atoms with Crippen molar-refractivity contribution < 1.29 is 9.53 Å². The third kappa shape index (κ3) is 3.93. The van der Waals surface area contributed by atoms with Gasteiger partial charge in [-0.1, -0.05) is 0 Å². The topological polar surface area (TPSA) is 67.6 Å². The van der Waals surface area contributed by atoms with E-state index < -0.39 is 0 Å². The van der Waals surface area contributed by atoms with E-state index in [2.05, 4.69) is 10.2 Å². The van der Waals surface area contributed by atoms with Crippen LogP contribution in [-0.4, -0.2) is 55.7 Å².